The van der Waals surface area contributed by atoms with Gasteiger partial charge in [-0.3, -0.25) is 0 Å². The third-order valence-corrected chi connectivity index (χ3v) is 2.14. The second kappa shape index (κ2) is 5.03. The van der Waals surface area contributed by atoms with Crippen LogP contribution in [0.4, 0.5) is 0 Å². The van der Waals surface area contributed by atoms with E-state index in [1.807, 2.05) is 6.07 Å². The van der Waals surface area contributed by atoms with Gasteiger partial charge in [0.25, 0.3) is 0 Å². The van der Waals surface area contributed by atoms with E-state index in [-0.39, 0.29) is 17.1 Å². The number of carbonyl (C=O) groups is 1. The Labute approximate surface area is 92.2 Å². The van der Waals surface area contributed by atoms with Crippen LogP contribution >= 0.6 is 0 Å². The van der Waals surface area contributed by atoms with E-state index < -0.39 is 5.97 Å². The third kappa shape index (κ3) is 2.64. The van der Waals surface area contributed by atoms with E-state index in [0.29, 0.717) is 24.8 Å². The van der Waals surface area contributed by atoms with Crippen LogP contribution in [0.15, 0.2) is 12.1 Å². The van der Waals surface area contributed by atoms with Gasteiger partial charge in [-0.15, -0.1) is 0 Å². The number of nitriles is 1. The lowest BCUT2D eigenvalue weighted by Gasteiger charge is -2.07. The Morgan fingerprint density at radius 1 is 1.38 bits per heavy atom. The first-order chi connectivity index (χ1) is 7.56. The average molecular weight is 221 g/mol. The number of hydrogen-bond donors (Lipinski definition) is 3. The van der Waals surface area contributed by atoms with Crippen LogP contribution in [-0.2, 0) is 6.42 Å². The molecule has 0 saturated carbocycles. The summed E-state index contributed by atoms with van der Waals surface area (Å²) in [6.45, 7) is 0. The van der Waals surface area contributed by atoms with Crippen molar-refractivity contribution in [3.63, 3.8) is 0 Å². The number of benzene rings is 1. The van der Waals surface area contributed by atoms with E-state index in [4.69, 9.17) is 10.4 Å². The van der Waals surface area contributed by atoms with Crippen LogP contribution in [0.5, 0.6) is 11.5 Å². The van der Waals surface area contributed by atoms with Crippen LogP contribution in [0, 0.1) is 11.3 Å². The fraction of sp³-hybridized carbons (Fsp3) is 0.273. The van der Waals surface area contributed by atoms with Gasteiger partial charge >= 0.3 is 5.97 Å². The van der Waals surface area contributed by atoms with Gasteiger partial charge in [0.05, 0.1) is 6.07 Å². The van der Waals surface area contributed by atoms with E-state index in [1.54, 1.807) is 0 Å². The Morgan fingerprint density at radius 3 is 2.62 bits per heavy atom. The number of hydrogen-bond acceptors (Lipinski definition) is 4. The second-order valence-corrected chi connectivity index (χ2v) is 3.32. The molecule has 84 valence electrons. The molecule has 1 rings (SSSR count). The molecular weight excluding hydrogens is 210 g/mol. The maximum absolute atomic E-state index is 10.7. The van der Waals surface area contributed by atoms with Crippen LogP contribution in [0.1, 0.15) is 28.8 Å². The van der Waals surface area contributed by atoms with Gasteiger partial charge in [0.15, 0.2) is 0 Å². The van der Waals surface area contributed by atoms with Crippen LogP contribution in [0.2, 0.25) is 0 Å². The van der Waals surface area contributed by atoms with Gasteiger partial charge in [0.1, 0.15) is 17.1 Å². The number of nitrogens with zero attached hydrogens (tertiary/aromatic N) is 1. The molecular formula is C11H11NO4. The second-order valence-electron chi connectivity index (χ2n) is 3.32. The van der Waals surface area contributed by atoms with Crippen LogP contribution < -0.4 is 0 Å². The molecule has 0 saturated heterocycles. The lowest BCUT2D eigenvalue weighted by Crippen LogP contribution is -1.99. The van der Waals surface area contributed by atoms with Crippen molar-refractivity contribution in [2.75, 3.05) is 0 Å². The summed E-state index contributed by atoms with van der Waals surface area (Å²) in [4.78, 5) is 10.7. The lowest BCUT2D eigenvalue weighted by molar-refractivity contribution is 0.0693. The molecule has 1 aromatic rings. The Bertz CT molecular complexity index is 448. The molecule has 0 aromatic heterocycles. The average Bonchev–Trinajstić information content (AvgIpc) is 2.22. The predicted octanol–water partition coefficient (Wildman–Crippen LogP) is 1.64. The Kier molecular flexibility index (Phi) is 3.72. The molecule has 0 heterocycles. The van der Waals surface area contributed by atoms with Gasteiger partial charge in [-0.1, -0.05) is 0 Å². The molecule has 0 unspecified atom stereocenters. The highest BCUT2D eigenvalue weighted by molar-refractivity contribution is 5.91. The summed E-state index contributed by atoms with van der Waals surface area (Å²) < 4.78 is 0. The van der Waals surface area contributed by atoms with Crippen LogP contribution in [0.3, 0.4) is 0 Å². The smallest absolute Gasteiger partial charge is 0.339 e. The summed E-state index contributed by atoms with van der Waals surface area (Å²) in [7, 11) is 0. The maximum atomic E-state index is 10.7. The minimum absolute atomic E-state index is 0.206. The predicted molar refractivity (Wildman–Crippen MR) is 55.3 cm³/mol. The normalized spacial score (nSPS) is 9.69. The van der Waals surface area contributed by atoms with Crippen molar-refractivity contribution >= 4 is 5.97 Å². The number of aryl methyl sites for hydroxylation is 1. The summed E-state index contributed by atoms with van der Waals surface area (Å²) in [5, 5.41) is 36.0. The topological polar surface area (TPSA) is 102 Å². The minimum Gasteiger partial charge on any atom is -0.508 e. The number of aromatic carboxylic acids is 1. The van der Waals surface area contributed by atoms with Crippen molar-refractivity contribution < 1.29 is 20.1 Å². The monoisotopic (exact) mass is 221 g/mol. The first-order valence-corrected chi connectivity index (χ1v) is 4.71. The lowest BCUT2D eigenvalue weighted by atomic mass is 10.0. The van der Waals surface area contributed by atoms with Crippen molar-refractivity contribution in [1.29, 1.82) is 5.26 Å². The molecule has 0 atom stereocenters. The molecule has 0 aliphatic carbocycles. The van der Waals surface area contributed by atoms with E-state index >= 15 is 0 Å². The van der Waals surface area contributed by atoms with Crippen molar-refractivity contribution in [2.24, 2.45) is 0 Å². The molecule has 0 fully saturated rings. The minimum atomic E-state index is -1.30. The zero-order valence-corrected chi connectivity index (χ0v) is 8.47. The Balaban J connectivity index is 3.00. The summed E-state index contributed by atoms with van der Waals surface area (Å²) in [6.07, 6.45) is 1.18. The maximum Gasteiger partial charge on any atom is 0.339 e. The number of aromatic hydroxyl groups is 2. The molecule has 16 heavy (non-hydrogen) atoms. The molecule has 0 amide bonds. The van der Waals surface area contributed by atoms with E-state index in [1.165, 1.54) is 6.07 Å². The first-order valence-electron chi connectivity index (χ1n) is 4.71. The van der Waals surface area contributed by atoms with Gasteiger partial charge in [0.2, 0.25) is 0 Å². The number of rotatable bonds is 4. The van der Waals surface area contributed by atoms with Crippen LogP contribution in [-0.4, -0.2) is 21.3 Å². The fourth-order valence-electron chi connectivity index (χ4n) is 1.39. The van der Waals surface area contributed by atoms with Gasteiger partial charge in [0, 0.05) is 6.42 Å². The first kappa shape index (κ1) is 11.9. The highest BCUT2D eigenvalue weighted by Crippen LogP contribution is 2.29. The van der Waals surface area contributed by atoms with Gasteiger partial charge < -0.3 is 15.3 Å². The van der Waals surface area contributed by atoms with Gasteiger partial charge in [-0.25, -0.2) is 4.79 Å². The number of phenolic OH excluding ortho intramolecular Hbond substituents is 1. The highest BCUT2D eigenvalue weighted by Gasteiger charge is 2.15. The fourth-order valence-corrected chi connectivity index (χ4v) is 1.39. The van der Waals surface area contributed by atoms with Crippen molar-refractivity contribution in [3.8, 4) is 17.6 Å². The number of phenols is 2. The number of unbranched alkanes of at least 4 members (excludes halogenated alkanes) is 1. The van der Waals surface area contributed by atoms with Gasteiger partial charge in [-0.2, -0.15) is 5.26 Å². The molecule has 0 aliphatic heterocycles. The van der Waals surface area contributed by atoms with Crippen LogP contribution in [0.25, 0.3) is 0 Å². The number of carboxylic acids is 1. The van der Waals surface area contributed by atoms with Crippen molar-refractivity contribution in [1.82, 2.24) is 0 Å². The molecule has 5 nitrogen and oxygen atoms in total. The van der Waals surface area contributed by atoms with E-state index in [9.17, 15) is 15.0 Å². The molecule has 1 aromatic carbocycles. The molecule has 0 spiro atoms. The highest BCUT2D eigenvalue weighted by atomic mass is 16.4. The Hall–Kier alpha value is -2.22. The summed E-state index contributed by atoms with van der Waals surface area (Å²) in [5.41, 5.74) is 0.0135. The van der Waals surface area contributed by atoms with Crippen molar-refractivity contribution in [2.45, 2.75) is 19.3 Å². The summed E-state index contributed by atoms with van der Waals surface area (Å²) >= 11 is 0. The molecule has 0 aliphatic rings. The van der Waals surface area contributed by atoms with E-state index in [2.05, 4.69) is 0 Å². The standard InChI is InChI=1S/C11H11NO4/c12-4-2-1-3-7-5-8(13)6-9(10(7)14)11(15)16/h5-6,13-14H,1-3H2,(H,15,16). The third-order valence-electron chi connectivity index (χ3n) is 2.14. The summed E-state index contributed by atoms with van der Waals surface area (Å²) in [6, 6.07) is 4.25. The van der Waals surface area contributed by atoms with Gasteiger partial charge in [-0.05, 0) is 30.5 Å². The molecule has 0 bridgehead atoms. The van der Waals surface area contributed by atoms with Crippen molar-refractivity contribution in [3.05, 3.63) is 23.3 Å². The zero-order valence-electron chi connectivity index (χ0n) is 8.47. The SMILES string of the molecule is N#CCCCc1cc(O)cc(C(=O)O)c1O. The zero-order chi connectivity index (χ0) is 12.1. The quantitative estimate of drug-likeness (QED) is 0.530. The molecule has 5 heteroatoms. The Morgan fingerprint density at radius 2 is 2.06 bits per heavy atom. The largest absolute Gasteiger partial charge is 0.508 e. The number of carboxylic acid groups (broad SMARTS) is 1. The molecule has 3 N–H and O–H groups in total. The van der Waals surface area contributed by atoms with E-state index in [0.717, 1.165) is 6.07 Å². The molecule has 0 radical (unpaired) electrons. The summed E-state index contributed by atoms with van der Waals surface area (Å²) in [5.74, 6) is -1.85.